The maximum Gasteiger partial charge on any atom is 0.303 e. The Kier molecular flexibility index (Phi) is 6.59. The fraction of sp³-hybridized carbons (Fsp3) is 0.214. The van der Waals surface area contributed by atoms with Gasteiger partial charge in [0.15, 0.2) is 0 Å². The third-order valence-electron chi connectivity index (χ3n) is 5.90. The van der Waals surface area contributed by atoms with Crippen LogP contribution < -0.4 is 0 Å². The van der Waals surface area contributed by atoms with Crippen molar-refractivity contribution in [3.05, 3.63) is 101 Å². The molecule has 0 saturated carbocycles. The largest absolute Gasteiger partial charge is 0.481 e. The van der Waals surface area contributed by atoms with Crippen LogP contribution in [0.5, 0.6) is 0 Å². The predicted molar refractivity (Wildman–Crippen MR) is 131 cm³/mol. The van der Waals surface area contributed by atoms with E-state index in [4.69, 9.17) is 5.11 Å². The molecular weight excluding hydrogens is 412 g/mol. The summed E-state index contributed by atoms with van der Waals surface area (Å²) >= 11 is 0. The maximum atomic E-state index is 12.3. The Morgan fingerprint density at radius 2 is 1.58 bits per heavy atom. The second kappa shape index (κ2) is 9.74. The first-order chi connectivity index (χ1) is 15.9. The van der Waals surface area contributed by atoms with Gasteiger partial charge in [-0.25, -0.2) is 0 Å². The van der Waals surface area contributed by atoms with E-state index in [1.54, 1.807) is 19.0 Å². The summed E-state index contributed by atoms with van der Waals surface area (Å²) in [6, 6.07) is 24.2. The zero-order chi connectivity index (χ0) is 23.4. The average Bonchev–Trinajstić information content (AvgIpc) is 3.19. The molecule has 0 atom stereocenters. The Balaban J connectivity index is 1.71. The normalized spacial score (nSPS) is 11.0. The van der Waals surface area contributed by atoms with Crippen LogP contribution >= 0.6 is 0 Å². The van der Waals surface area contributed by atoms with Gasteiger partial charge in [0.25, 0.3) is 5.91 Å². The minimum absolute atomic E-state index is 0.0227. The molecule has 5 nitrogen and oxygen atoms in total. The predicted octanol–water partition coefficient (Wildman–Crippen LogP) is 5.13. The summed E-state index contributed by atoms with van der Waals surface area (Å²) in [6.45, 7) is 0. The summed E-state index contributed by atoms with van der Waals surface area (Å²) in [5.74, 6) is -0.810. The van der Waals surface area contributed by atoms with Crippen molar-refractivity contribution in [1.29, 1.82) is 0 Å². The summed E-state index contributed by atoms with van der Waals surface area (Å²) in [4.78, 5) is 24.9. The second-order valence-corrected chi connectivity index (χ2v) is 8.50. The minimum Gasteiger partial charge on any atom is -0.481 e. The van der Waals surface area contributed by atoms with Crippen molar-refractivity contribution in [2.75, 3.05) is 14.1 Å². The van der Waals surface area contributed by atoms with Crippen LogP contribution in [-0.4, -0.2) is 40.5 Å². The average molecular weight is 441 g/mol. The first kappa shape index (κ1) is 22.3. The van der Waals surface area contributed by atoms with Crippen LogP contribution in [0.3, 0.4) is 0 Å². The molecule has 4 rings (SSSR count). The van der Waals surface area contributed by atoms with Gasteiger partial charge in [0.2, 0.25) is 0 Å². The Hall–Kier alpha value is -3.86. The molecule has 0 spiro atoms. The zero-order valence-corrected chi connectivity index (χ0v) is 19.0. The molecule has 5 heteroatoms. The number of carbonyl (C=O) groups excluding carboxylic acids is 1. The van der Waals surface area contributed by atoms with Crippen LogP contribution in [-0.2, 0) is 24.1 Å². The lowest BCUT2D eigenvalue weighted by atomic mass is 10.0. The van der Waals surface area contributed by atoms with Gasteiger partial charge in [-0.3, -0.25) is 9.59 Å². The molecule has 3 aromatic carbocycles. The molecule has 168 valence electrons. The van der Waals surface area contributed by atoms with E-state index in [1.165, 1.54) is 11.1 Å². The van der Waals surface area contributed by atoms with Crippen LogP contribution in [0.4, 0.5) is 0 Å². The Bertz CT molecular complexity index is 1270. The van der Waals surface area contributed by atoms with Crippen molar-refractivity contribution in [3.8, 4) is 5.69 Å². The van der Waals surface area contributed by atoms with Gasteiger partial charge in [-0.15, -0.1) is 0 Å². The number of hydrogen-bond acceptors (Lipinski definition) is 2. The van der Waals surface area contributed by atoms with E-state index in [-0.39, 0.29) is 12.3 Å². The van der Waals surface area contributed by atoms with E-state index in [2.05, 4.69) is 47.2 Å². The summed E-state index contributed by atoms with van der Waals surface area (Å²) in [7, 11) is 3.49. The smallest absolute Gasteiger partial charge is 0.303 e. The molecule has 1 N–H and O–H groups in total. The highest BCUT2D eigenvalue weighted by Crippen LogP contribution is 2.28. The molecule has 1 heterocycles. The van der Waals surface area contributed by atoms with Crippen LogP contribution in [0.2, 0.25) is 0 Å². The molecule has 1 aromatic heterocycles. The monoisotopic (exact) mass is 440 g/mol. The fourth-order valence-electron chi connectivity index (χ4n) is 4.11. The Morgan fingerprint density at radius 1 is 0.848 bits per heavy atom. The van der Waals surface area contributed by atoms with E-state index >= 15 is 0 Å². The molecule has 0 radical (unpaired) electrons. The second-order valence-electron chi connectivity index (χ2n) is 8.50. The van der Waals surface area contributed by atoms with Crippen LogP contribution in [0.1, 0.15) is 33.5 Å². The van der Waals surface area contributed by atoms with Crippen molar-refractivity contribution in [3.63, 3.8) is 0 Å². The van der Waals surface area contributed by atoms with E-state index in [1.807, 2.05) is 36.4 Å². The third-order valence-corrected chi connectivity index (χ3v) is 5.90. The first-order valence-electron chi connectivity index (χ1n) is 11.1. The molecule has 0 bridgehead atoms. The number of carboxylic acid groups (broad SMARTS) is 1. The van der Waals surface area contributed by atoms with Gasteiger partial charge in [-0.2, -0.15) is 0 Å². The van der Waals surface area contributed by atoms with E-state index in [0.29, 0.717) is 12.0 Å². The number of aliphatic carboxylic acids is 1. The molecule has 0 saturated heterocycles. The van der Waals surface area contributed by atoms with E-state index in [0.717, 1.165) is 35.0 Å². The van der Waals surface area contributed by atoms with E-state index in [9.17, 15) is 9.59 Å². The van der Waals surface area contributed by atoms with Gasteiger partial charge in [0.05, 0.1) is 5.52 Å². The first-order valence-corrected chi connectivity index (χ1v) is 11.1. The summed E-state index contributed by atoms with van der Waals surface area (Å²) < 4.78 is 2.15. The van der Waals surface area contributed by atoms with Gasteiger partial charge < -0.3 is 14.6 Å². The molecule has 33 heavy (non-hydrogen) atoms. The van der Waals surface area contributed by atoms with E-state index < -0.39 is 5.97 Å². The Labute approximate surface area is 193 Å². The number of aromatic nitrogens is 1. The minimum atomic E-state index is -0.788. The summed E-state index contributed by atoms with van der Waals surface area (Å²) in [6.07, 6.45) is 4.60. The molecular formula is C28H28N2O3. The van der Waals surface area contributed by atoms with Crippen molar-refractivity contribution in [2.45, 2.75) is 25.7 Å². The van der Waals surface area contributed by atoms with Crippen molar-refractivity contribution < 1.29 is 14.7 Å². The molecule has 0 unspecified atom stereocenters. The number of fused-ring (bicyclic) bond motifs is 1. The molecule has 0 fully saturated rings. The number of hydrogen-bond donors (Lipinski definition) is 1. The number of carbonyl (C=O) groups is 2. The molecule has 0 aliphatic carbocycles. The molecule has 0 aliphatic rings. The van der Waals surface area contributed by atoms with Crippen molar-refractivity contribution in [2.24, 2.45) is 0 Å². The molecule has 1 amide bonds. The number of benzene rings is 3. The van der Waals surface area contributed by atoms with Crippen molar-refractivity contribution >= 4 is 22.8 Å². The SMILES string of the molecule is CN(C)C(=O)c1ccc(-n2cc(CCc3ccccc3)c3cc(CCC(=O)O)ccc32)cc1. The third kappa shape index (κ3) is 5.14. The van der Waals surface area contributed by atoms with Gasteiger partial charge in [0.1, 0.15) is 0 Å². The summed E-state index contributed by atoms with van der Waals surface area (Å²) in [5.41, 5.74) is 6.24. The number of amides is 1. The maximum absolute atomic E-state index is 12.3. The summed E-state index contributed by atoms with van der Waals surface area (Å²) in [5, 5.41) is 10.2. The van der Waals surface area contributed by atoms with Gasteiger partial charge >= 0.3 is 5.97 Å². The fourth-order valence-corrected chi connectivity index (χ4v) is 4.11. The van der Waals surface area contributed by atoms with Gasteiger partial charge in [-0.05, 0) is 72.4 Å². The van der Waals surface area contributed by atoms with Gasteiger partial charge in [-0.1, -0.05) is 36.4 Å². The van der Waals surface area contributed by atoms with Crippen LogP contribution in [0, 0.1) is 0 Å². The Morgan fingerprint density at radius 3 is 2.24 bits per heavy atom. The lowest BCUT2D eigenvalue weighted by Crippen LogP contribution is -2.21. The van der Waals surface area contributed by atoms with Crippen molar-refractivity contribution in [1.82, 2.24) is 9.47 Å². The van der Waals surface area contributed by atoms with Crippen LogP contribution in [0.25, 0.3) is 16.6 Å². The number of aryl methyl sites for hydroxylation is 3. The highest BCUT2D eigenvalue weighted by molar-refractivity contribution is 5.94. The standard InChI is InChI=1S/C28H28N2O3/c1-29(2)28(33)22-12-14-24(15-13-22)30-19-23(11-8-20-6-4-3-5-7-20)25-18-21(9-16-26(25)30)10-17-27(31)32/h3-7,9,12-16,18-19H,8,10-11,17H2,1-2H3,(H,31,32). The van der Waals surface area contributed by atoms with Gasteiger partial charge in [0, 0.05) is 43.4 Å². The highest BCUT2D eigenvalue weighted by Gasteiger charge is 2.13. The lowest BCUT2D eigenvalue weighted by Gasteiger charge is -2.11. The molecule has 4 aromatic rings. The highest BCUT2D eigenvalue weighted by atomic mass is 16.4. The quantitative estimate of drug-likeness (QED) is 0.413. The van der Waals surface area contributed by atoms with Crippen LogP contribution in [0.15, 0.2) is 79.0 Å². The number of nitrogens with zero attached hydrogens (tertiary/aromatic N) is 2. The zero-order valence-electron chi connectivity index (χ0n) is 19.0. The lowest BCUT2D eigenvalue weighted by molar-refractivity contribution is -0.136. The number of carboxylic acids is 1. The topological polar surface area (TPSA) is 62.5 Å². The molecule has 0 aliphatic heterocycles. The number of rotatable bonds is 8.